The Kier molecular flexibility index (Phi) is 7.30. The summed E-state index contributed by atoms with van der Waals surface area (Å²) >= 11 is 0. The van der Waals surface area contributed by atoms with Crippen molar-refractivity contribution in [1.29, 1.82) is 0 Å². The van der Waals surface area contributed by atoms with Gasteiger partial charge in [-0.3, -0.25) is 0 Å². The van der Waals surface area contributed by atoms with Gasteiger partial charge in [0.2, 0.25) is 0 Å². The molecule has 0 aliphatic rings. The van der Waals surface area contributed by atoms with Crippen LogP contribution in [0.1, 0.15) is 20.3 Å². The van der Waals surface area contributed by atoms with E-state index in [0.717, 1.165) is 24.5 Å². The van der Waals surface area contributed by atoms with Crippen LogP contribution in [0.25, 0.3) is 0 Å². The fourth-order valence-electron chi connectivity index (χ4n) is 1.58. The third-order valence-corrected chi connectivity index (χ3v) is 2.78. The quantitative estimate of drug-likeness (QED) is 0.673. The molecule has 0 radical (unpaired) electrons. The second kappa shape index (κ2) is 8.77. The minimum atomic E-state index is -0.491. The van der Waals surface area contributed by atoms with Crippen LogP contribution in [0, 0.1) is 5.92 Å². The monoisotopic (exact) mass is 267 g/mol. The van der Waals surface area contributed by atoms with Gasteiger partial charge in [-0.1, -0.05) is 13.8 Å². The lowest BCUT2D eigenvalue weighted by molar-refractivity contribution is 0.106. The molecule has 0 saturated heterocycles. The normalized spacial score (nSPS) is 12.5. The Balaban J connectivity index is 2.16. The number of benzene rings is 1. The summed E-state index contributed by atoms with van der Waals surface area (Å²) in [6.07, 6.45) is 0.626. The number of ether oxygens (including phenoxy) is 2. The molecule has 19 heavy (non-hydrogen) atoms. The lowest BCUT2D eigenvalue weighted by Crippen LogP contribution is -2.32. The predicted octanol–water partition coefficient (Wildman–Crippen LogP) is 2.07. The lowest BCUT2D eigenvalue weighted by atomic mass is 10.1. The van der Waals surface area contributed by atoms with E-state index < -0.39 is 6.10 Å². The number of aliphatic hydroxyl groups excluding tert-OH is 1. The van der Waals surface area contributed by atoms with E-state index in [4.69, 9.17) is 9.47 Å². The van der Waals surface area contributed by atoms with Gasteiger partial charge in [0.05, 0.1) is 7.11 Å². The van der Waals surface area contributed by atoms with Crippen LogP contribution in [0.3, 0.4) is 0 Å². The van der Waals surface area contributed by atoms with Gasteiger partial charge in [-0.05, 0) is 43.1 Å². The summed E-state index contributed by atoms with van der Waals surface area (Å²) < 4.78 is 10.6. The van der Waals surface area contributed by atoms with Gasteiger partial charge in [-0.2, -0.15) is 0 Å². The van der Waals surface area contributed by atoms with Crippen LogP contribution in [-0.4, -0.2) is 38.0 Å². The maximum Gasteiger partial charge on any atom is 0.119 e. The van der Waals surface area contributed by atoms with Crippen LogP contribution in [-0.2, 0) is 0 Å². The average molecular weight is 267 g/mol. The Hall–Kier alpha value is -1.26. The third kappa shape index (κ3) is 7.03. The molecule has 0 amide bonds. The molecule has 4 heteroatoms. The van der Waals surface area contributed by atoms with Crippen molar-refractivity contribution in [1.82, 2.24) is 5.32 Å². The number of nitrogens with one attached hydrogen (secondary N) is 1. The summed E-state index contributed by atoms with van der Waals surface area (Å²) in [7, 11) is 1.63. The Morgan fingerprint density at radius 2 is 1.79 bits per heavy atom. The van der Waals surface area contributed by atoms with E-state index >= 15 is 0 Å². The molecule has 0 fully saturated rings. The van der Waals surface area contributed by atoms with E-state index in [2.05, 4.69) is 19.2 Å². The first-order valence-corrected chi connectivity index (χ1v) is 6.77. The Morgan fingerprint density at radius 3 is 2.37 bits per heavy atom. The third-order valence-electron chi connectivity index (χ3n) is 2.78. The van der Waals surface area contributed by atoms with Crippen LogP contribution in [0.15, 0.2) is 24.3 Å². The number of rotatable bonds is 9. The van der Waals surface area contributed by atoms with Crippen LogP contribution in [0.2, 0.25) is 0 Å². The zero-order valence-corrected chi connectivity index (χ0v) is 12.1. The maximum atomic E-state index is 9.76. The number of hydrogen-bond donors (Lipinski definition) is 2. The zero-order valence-electron chi connectivity index (χ0n) is 12.1. The smallest absolute Gasteiger partial charge is 0.119 e. The highest BCUT2D eigenvalue weighted by Crippen LogP contribution is 2.16. The number of hydrogen-bond acceptors (Lipinski definition) is 4. The van der Waals surface area contributed by atoms with E-state index in [1.807, 2.05) is 24.3 Å². The molecule has 0 saturated carbocycles. The van der Waals surface area contributed by atoms with Gasteiger partial charge in [0.25, 0.3) is 0 Å². The summed E-state index contributed by atoms with van der Waals surface area (Å²) in [5, 5.41) is 13.0. The summed E-state index contributed by atoms with van der Waals surface area (Å²) in [6, 6.07) is 7.33. The highest BCUT2D eigenvalue weighted by atomic mass is 16.5. The summed E-state index contributed by atoms with van der Waals surface area (Å²) in [6.45, 7) is 6.15. The minimum Gasteiger partial charge on any atom is -0.497 e. The van der Waals surface area contributed by atoms with E-state index in [1.54, 1.807) is 7.11 Å². The molecule has 108 valence electrons. The Bertz CT molecular complexity index is 338. The molecule has 0 spiro atoms. The van der Waals surface area contributed by atoms with Crippen molar-refractivity contribution in [3.05, 3.63) is 24.3 Å². The fraction of sp³-hybridized carbons (Fsp3) is 0.600. The van der Waals surface area contributed by atoms with Crippen molar-refractivity contribution < 1.29 is 14.6 Å². The van der Waals surface area contributed by atoms with Crippen molar-refractivity contribution in [2.24, 2.45) is 5.92 Å². The zero-order chi connectivity index (χ0) is 14.1. The highest BCUT2D eigenvalue weighted by molar-refractivity contribution is 5.31. The van der Waals surface area contributed by atoms with E-state index in [9.17, 15) is 5.11 Å². The Labute approximate surface area is 115 Å². The first kappa shape index (κ1) is 15.8. The molecule has 1 aromatic rings. The van der Waals surface area contributed by atoms with Crippen LogP contribution in [0.5, 0.6) is 11.5 Å². The largest absolute Gasteiger partial charge is 0.497 e. The fourth-order valence-corrected chi connectivity index (χ4v) is 1.58. The van der Waals surface area contributed by atoms with E-state index in [1.165, 1.54) is 0 Å². The van der Waals surface area contributed by atoms with Gasteiger partial charge < -0.3 is 19.9 Å². The first-order chi connectivity index (χ1) is 9.11. The van der Waals surface area contributed by atoms with E-state index in [-0.39, 0.29) is 0 Å². The molecule has 1 rings (SSSR count). The number of aliphatic hydroxyl groups is 1. The van der Waals surface area contributed by atoms with Gasteiger partial charge in [-0.15, -0.1) is 0 Å². The second-order valence-corrected chi connectivity index (χ2v) is 5.03. The molecule has 0 aliphatic heterocycles. The van der Waals surface area contributed by atoms with Crippen LogP contribution in [0.4, 0.5) is 0 Å². The average Bonchev–Trinajstić information content (AvgIpc) is 2.41. The molecule has 1 unspecified atom stereocenters. The van der Waals surface area contributed by atoms with Crippen LogP contribution >= 0.6 is 0 Å². The SMILES string of the molecule is COc1ccc(OCC(O)CNCCC(C)C)cc1. The lowest BCUT2D eigenvalue weighted by Gasteiger charge is -2.14. The van der Waals surface area contributed by atoms with Crippen molar-refractivity contribution in [2.75, 3.05) is 26.8 Å². The van der Waals surface area contributed by atoms with Gasteiger partial charge in [0, 0.05) is 6.54 Å². The first-order valence-electron chi connectivity index (χ1n) is 6.77. The summed E-state index contributed by atoms with van der Waals surface area (Å²) in [4.78, 5) is 0. The van der Waals surface area contributed by atoms with Gasteiger partial charge in [0.1, 0.15) is 24.2 Å². The van der Waals surface area contributed by atoms with Gasteiger partial charge >= 0.3 is 0 Å². The Morgan fingerprint density at radius 1 is 1.16 bits per heavy atom. The standard InChI is InChI=1S/C15H25NO3/c1-12(2)8-9-16-10-13(17)11-19-15-6-4-14(18-3)5-7-15/h4-7,12-13,16-17H,8-11H2,1-3H3. The molecule has 0 aromatic heterocycles. The predicted molar refractivity (Wildman–Crippen MR) is 76.8 cm³/mol. The van der Waals surface area contributed by atoms with Gasteiger partial charge in [-0.25, -0.2) is 0 Å². The van der Waals surface area contributed by atoms with E-state index in [0.29, 0.717) is 19.1 Å². The molecule has 1 aromatic carbocycles. The molecule has 2 N–H and O–H groups in total. The molecule has 0 heterocycles. The topological polar surface area (TPSA) is 50.7 Å². The van der Waals surface area contributed by atoms with Crippen molar-refractivity contribution in [3.63, 3.8) is 0 Å². The summed E-state index contributed by atoms with van der Waals surface area (Å²) in [5.41, 5.74) is 0. The molecule has 0 aliphatic carbocycles. The minimum absolute atomic E-state index is 0.293. The van der Waals surface area contributed by atoms with Crippen LogP contribution < -0.4 is 14.8 Å². The maximum absolute atomic E-state index is 9.76. The number of methoxy groups -OCH3 is 1. The summed E-state index contributed by atoms with van der Waals surface area (Å²) in [5.74, 6) is 2.21. The molecule has 1 atom stereocenters. The highest BCUT2D eigenvalue weighted by Gasteiger charge is 2.05. The molecular formula is C15H25NO3. The molecular weight excluding hydrogens is 242 g/mol. The second-order valence-electron chi connectivity index (χ2n) is 5.03. The molecule has 0 bridgehead atoms. The van der Waals surface area contributed by atoms with Gasteiger partial charge in [0.15, 0.2) is 0 Å². The van der Waals surface area contributed by atoms with Crippen molar-refractivity contribution in [2.45, 2.75) is 26.4 Å². The molecule has 4 nitrogen and oxygen atoms in total. The van der Waals surface area contributed by atoms with Crippen molar-refractivity contribution in [3.8, 4) is 11.5 Å². The van der Waals surface area contributed by atoms with Crippen molar-refractivity contribution >= 4 is 0 Å².